The minimum absolute atomic E-state index is 0.182. The van der Waals surface area contributed by atoms with E-state index in [-0.39, 0.29) is 17.9 Å². The van der Waals surface area contributed by atoms with Gasteiger partial charge in [-0.1, -0.05) is 6.92 Å². The topological polar surface area (TPSA) is 70.4 Å². The summed E-state index contributed by atoms with van der Waals surface area (Å²) in [5.41, 5.74) is 1.49. The lowest BCUT2D eigenvalue weighted by atomic mass is 10.1. The fraction of sp³-hybridized carbons (Fsp3) is 0.500. The van der Waals surface area contributed by atoms with E-state index in [2.05, 4.69) is 0 Å². The van der Waals surface area contributed by atoms with Gasteiger partial charge in [-0.2, -0.15) is 9.57 Å². The molecule has 0 aliphatic carbocycles. The molecule has 1 rings (SSSR count). The van der Waals surface area contributed by atoms with Crippen LogP contribution in [0.4, 0.5) is 0 Å². The zero-order chi connectivity index (χ0) is 15.3. The number of rotatable bonds is 6. The normalized spacial score (nSPS) is 11.4. The molecule has 0 atom stereocenters. The SMILES string of the molecule is CCN(CCC#N)S(=O)(=O)c1ccc(OC)c(C)c1C. The van der Waals surface area contributed by atoms with Crippen LogP contribution in [-0.2, 0) is 10.0 Å². The van der Waals surface area contributed by atoms with E-state index in [0.717, 1.165) is 5.56 Å². The third-order valence-electron chi connectivity index (χ3n) is 3.35. The first-order valence-corrected chi connectivity index (χ1v) is 7.85. The Kier molecular flexibility index (Phi) is 5.54. The van der Waals surface area contributed by atoms with Gasteiger partial charge in [0.05, 0.1) is 18.1 Å². The predicted octanol–water partition coefficient (Wildman–Crippen LogP) is 2.24. The van der Waals surface area contributed by atoms with Crippen LogP contribution in [-0.4, -0.2) is 32.9 Å². The maximum Gasteiger partial charge on any atom is 0.243 e. The second-order valence-electron chi connectivity index (χ2n) is 4.42. The third-order valence-corrected chi connectivity index (χ3v) is 5.47. The van der Waals surface area contributed by atoms with Crippen molar-refractivity contribution >= 4 is 10.0 Å². The molecule has 0 saturated heterocycles. The minimum atomic E-state index is -3.57. The summed E-state index contributed by atoms with van der Waals surface area (Å²) in [4.78, 5) is 0.274. The van der Waals surface area contributed by atoms with Crippen LogP contribution in [0.5, 0.6) is 5.75 Å². The first-order valence-electron chi connectivity index (χ1n) is 6.41. The fourth-order valence-electron chi connectivity index (χ4n) is 2.03. The largest absolute Gasteiger partial charge is 0.496 e. The van der Waals surface area contributed by atoms with Gasteiger partial charge in [0.15, 0.2) is 0 Å². The second kappa shape index (κ2) is 6.73. The average molecular weight is 296 g/mol. The van der Waals surface area contributed by atoms with Gasteiger partial charge in [0.1, 0.15) is 5.75 Å². The molecule has 20 heavy (non-hydrogen) atoms. The van der Waals surface area contributed by atoms with Gasteiger partial charge in [0.2, 0.25) is 10.0 Å². The van der Waals surface area contributed by atoms with E-state index in [9.17, 15) is 8.42 Å². The van der Waals surface area contributed by atoms with Gasteiger partial charge in [-0.15, -0.1) is 0 Å². The van der Waals surface area contributed by atoms with Crippen LogP contribution in [0.15, 0.2) is 17.0 Å². The zero-order valence-corrected chi connectivity index (χ0v) is 13.1. The van der Waals surface area contributed by atoms with E-state index >= 15 is 0 Å². The first kappa shape index (κ1) is 16.5. The summed E-state index contributed by atoms with van der Waals surface area (Å²) in [7, 11) is -2.02. The van der Waals surface area contributed by atoms with Gasteiger partial charge in [-0.05, 0) is 37.1 Å². The average Bonchev–Trinajstić information content (AvgIpc) is 2.42. The van der Waals surface area contributed by atoms with Gasteiger partial charge in [-0.25, -0.2) is 8.42 Å². The van der Waals surface area contributed by atoms with E-state index < -0.39 is 10.0 Å². The highest BCUT2D eigenvalue weighted by Gasteiger charge is 2.25. The molecular weight excluding hydrogens is 276 g/mol. The van der Waals surface area contributed by atoms with Gasteiger partial charge in [0.25, 0.3) is 0 Å². The minimum Gasteiger partial charge on any atom is -0.496 e. The molecule has 5 nitrogen and oxygen atoms in total. The fourth-order valence-corrected chi connectivity index (χ4v) is 3.76. The van der Waals surface area contributed by atoms with Crippen LogP contribution in [0.3, 0.4) is 0 Å². The lowest BCUT2D eigenvalue weighted by molar-refractivity contribution is 0.410. The molecule has 0 aliphatic rings. The Balaban J connectivity index is 3.28. The second-order valence-corrected chi connectivity index (χ2v) is 6.33. The van der Waals surface area contributed by atoms with Crippen LogP contribution < -0.4 is 4.74 Å². The van der Waals surface area contributed by atoms with Crippen molar-refractivity contribution in [2.45, 2.75) is 32.1 Å². The van der Waals surface area contributed by atoms with Crippen LogP contribution >= 0.6 is 0 Å². The van der Waals surface area contributed by atoms with Crippen molar-refractivity contribution in [3.05, 3.63) is 23.3 Å². The molecule has 0 heterocycles. The van der Waals surface area contributed by atoms with E-state index in [0.29, 0.717) is 17.9 Å². The maximum atomic E-state index is 12.6. The molecule has 0 aliphatic heterocycles. The first-order chi connectivity index (χ1) is 9.39. The molecule has 0 spiro atoms. The summed E-state index contributed by atoms with van der Waals surface area (Å²) in [6, 6.07) is 5.20. The quantitative estimate of drug-likeness (QED) is 0.807. The van der Waals surface area contributed by atoms with Gasteiger partial charge in [0, 0.05) is 19.5 Å². The number of hydrogen-bond donors (Lipinski definition) is 0. The monoisotopic (exact) mass is 296 g/mol. The highest BCUT2D eigenvalue weighted by Crippen LogP contribution is 2.28. The molecule has 0 N–H and O–H groups in total. The molecule has 0 saturated carbocycles. The van der Waals surface area contributed by atoms with Crippen molar-refractivity contribution in [1.82, 2.24) is 4.31 Å². The number of ether oxygens (including phenoxy) is 1. The van der Waals surface area contributed by atoms with Crippen molar-refractivity contribution in [3.63, 3.8) is 0 Å². The van der Waals surface area contributed by atoms with Crippen molar-refractivity contribution in [3.8, 4) is 11.8 Å². The van der Waals surface area contributed by atoms with E-state index in [1.165, 1.54) is 4.31 Å². The highest BCUT2D eigenvalue weighted by atomic mass is 32.2. The molecule has 110 valence electrons. The Morgan fingerprint density at radius 3 is 2.45 bits per heavy atom. The molecular formula is C14H20N2O3S. The molecule has 0 bridgehead atoms. The molecule has 0 amide bonds. The van der Waals surface area contributed by atoms with E-state index in [1.54, 1.807) is 33.1 Å². The van der Waals surface area contributed by atoms with Crippen LogP contribution in [0.2, 0.25) is 0 Å². The van der Waals surface area contributed by atoms with Crippen molar-refractivity contribution in [1.29, 1.82) is 5.26 Å². The molecule has 0 fully saturated rings. The Morgan fingerprint density at radius 2 is 1.95 bits per heavy atom. The van der Waals surface area contributed by atoms with Crippen molar-refractivity contribution in [2.75, 3.05) is 20.2 Å². The van der Waals surface area contributed by atoms with Gasteiger partial charge < -0.3 is 4.74 Å². The summed E-state index contributed by atoms with van der Waals surface area (Å²) in [6.07, 6.45) is 0.182. The molecule has 1 aromatic rings. The smallest absolute Gasteiger partial charge is 0.243 e. The maximum absolute atomic E-state index is 12.6. The molecule has 1 aromatic carbocycles. The van der Waals surface area contributed by atoms with Crippen LogP contribution in [0, 0.1) is 25.2 Å². The summed E-state index contributed by atoms with van der Waals surface area (Å²) in [6.45, 7) is 5.91. The van der Waals surface area contributed by atoms with Crippen LogP contribution in [0.25, 0.3) is 0 Å². The summed E-state index contributed by atoms with van der Waals surface area (Å²) < 4.78 is 31.8. The summed E-state index contributed by atoms with van der Waals surface area (Å²) >= 11 is 0. The summed E-state index contributed by atoms with van der Waals surface area (Å²) in [5, 5.41) is 8.63. The Morgan fingerprint density at radius 1 is 1.30 bits per heavy atom. The lowest BCUT2D eigenvalue weighted by Gasteiger charge is -2.21. The Hall–Kier alpha value is -1.58. The lowest BCUT2D eigenvalue weighted by Crippen LogP contribution is -2.32. The third kappa shape index (κ3) is 3.11. The predicted molar refractivity (Wildman–Crippen MR) is 77.1 cm³/mol. The standard InChI is InChI=1S/C14H20N2O3S/c1-5-16(10-6-9-15)20(17,18)14-8-7-13(19-4)11(2)12(14)3/h7-8H,5-6,10H2,1-4H3. The summed E-state index contributed by atoms with van der Waals surface area (Å²) in [5.74, 6) is 0.668. The van der Waals surface area contributed by atoms with E-state index in [1.807, 2.05) is 13.0 Å². The number of methoxy groups -OCH3 is 1. The number of nitriles is 1. The molecule has 6 heteroatoms. The van der Waals surface area contributed by atoms with E-state index in [4.69, 9.17) is 10.00 Å². The highest BCUT2D eigenvalue weighted by molar-refractivity contribution is 7.89. The van der Waals surface area contributed by atoms with Crippen molar-refractivity contribution < 1.29 is 13.2 Å². The number of hydrogen-bond acceptors (Lipinski definition) is 4. The molecule has 0 aromatic heterocycles. The van der Waals surface area contributed by atoms with Crippen LogP contribution in [0.1, 0.15) is 24.5 Å². The zero-order valence-electron chi connectivity index (χ0n) is 12.3. The number of benzene rings is 1. The number of nitrogens with zero attached hydrogens (tertiary/aromatic N) is 2. The Labute approximate surface area is 120 Å². The van der Waals surface area contributed by atoms with Gasteiger partial charge >= 0.3 is 0 Å². The molecule has 0 radical (unpaired) electrons. The van der Waals surface area contributed by atoms with Gasteiger partial charge in [-0.3, -0.25) is 0 Å². The van der Waals surface area contributed by atoms with Crippen molar-refractivity contribution in [2.24, 2.45) is 0 Å². The Bertz CT molecular complexity index is 618. The molecule has 0 unspecified atom stereocenters. The number of sulfonamides is 1.